The van der Waals surface area contributed by atoms with Crippen molar-refractivity contribution in [3.05, 3.63) is 114 Å². The molecule has 4 aromatic rings. The number of nitrogens with one attached hydrogen (secondary N) is 2. The molecule has 204 valence electrons. The van der Waals surface area contributed by atoms with Gasteiger partial charge in [-0.1, -0.05) is 66.7 Å². The van der Waals surface area contributed by atoms with Crippen LogP contribution in [0.5, 0.6) is 11.5 Å². The van der Waals surface area contributed by atoms with Gasteiger partial charge in [0.1, 0.15) is 17.3 Å². The number of rotatable bonds is 7. The average molecular weight is 559 g/mol. The minimum absolute atomic E-state index is 0.00178. The van der Waals surface area contributed by atoms with E-state index in [-0.39, 0.29) is 23.0 Å². The van der Waals surface area contributed by atoms with Crippen LogP contribution >= 0.6 is 0 Å². The fraction of sp³-hybridized carbons (Fsp3) is 0.0690. The standard InChI is InChI=1S/C29H26N4O6S/c1-33(19-20-8-7-9-22(18-20)27(30)32-28(34)38-23-10-3-2-4-11-23)29(35)39-24-16-14-21(15-17-24)25-12-5-6-13-26(25)40(31,36)37/h2-18H,19H2,1H3,(H2,30,32,34)(H2,31,36,37). The summed E-state index contributed by atoms with van der Waals surface area (Å²) in [5, 5.41) is 15.9. The van der Waals surface area contributed by atoms with Crippen molar-refractivity contribution in [3.63, 3.8) is 0 Å². The maximum absolute atomic E-state index is 12.7. The van der Waals surface area contributed by atoms with Crippen molar-refractivity contribution in [2.24, 2.45) is 5.14 Å². The van der Waals surface area contributed by atoms with Crippen LogP contribution in [0, 0.1) is 5.41 Å². The van der Waals surface area contributed by atoms with Gasteiger partial charge in [0, 0.05) is 24.7 Å². The van der Waals surface area contributed by atoms with Crippen LogP contribution < -0.4 is 19.9 Å². The van der Waals surface area contributed by atoms with Crippen molar-refractivity contribution in [2.75, 3.05) is 7.05 Å². The number of ether oxygens (including phenoxy) is 2. The lowest BCUT2D eigenvalue weighted by atomic mass is 10.1. The lowest BCUT2D eigenvalue weighted by molar-refractivity contribution is 0.161. The Morgan fingerprint density at radius 2 is 1.50 bits per heavy atom. The van der Waals surface area contributed by atoms with Gasteiger partial charge in [0.2, 0.25) is 10.0 Å². The molecule has 0 aromatic heterocycles. The minimum atomic E-state index is -3.91. The van der Waals surface area contributed by atoms with Crippen molar-refractivity contribution in [1.29, 1.82) is 5.41 Å². The summed E-state index contributed by atoms with van der Waals surface area (Å²) in [7, 11) is -2.35. The van der Waals surface area contributed by atoms with Crippen LogP contribution in [0.2, 0.25) is 0 Å². The van der Waals surface area contributed by atoms with Crippen LogP contribution in [0.1, 0.15) is 11.1 Å². The van der Waals surface area contributed by atoms with Crippen LogP contribution in [-0.2, 0) is 16.6 Å². The molecule has 2 amide bonds. The Kier molecular flexibility index (Phi) is 8.57. The van der Waals surface area contributed by atoms with Gasteiger partial charge >= 0.3 is 12.2 Å². The molecule has 0 saturated heterocycles. The summed E-state index contributed by atoms with van der Waals surface area (Å²) in [5.74, 6) is 0.465. The molecule has 0 heterocycles. The number of benzene rings is 4. The number of amides is 2. The normalized spacial score (nSPS) is 10.8. The molecule has 4 N–H and O–H groups in total. The Morgan fingerprint density at radius 1 is 0.850 bits per heavy atom. The first-order valence-corrected chi connectivity index (χ1v) is 13.5. The topological polar surface area (TPSA) is 152 Å². The van der Waals surface area contributed by atoms with E-state index < -0.39 is 22.2 Å². The van der Waals surface area contributed by atoms with Crippen LogP contribution in [0.3, 0.4) is 0 Å². The molecule has 4 rings (SSSR count). The molecule has 0 bridgehead atoms. The number of carbonyl (C=O) groups is 2. The second-order valence-corrected chi connectivity index (χ2v) is 10.2. The Labute approximate surface area is 231 Å². The second-order valence-electron chi connectivity index (χ2n) is 8.69. The van der Waals surface area contributed by atoms with Crippen LogP contribution in [0.25, 0.3) is 11.1 Å². The number of para-hydroxylation sites is 1. The van der Waals surface area contributed by atoms with Gasteiger partial charge in [0.15, 0.2) is 0 Å². The molecule has 4 aromatic carbocycles. The summed E-state index contributed by atoms with van der Waals surface area (Å²) in [4.78, 5) is 26.1. The van der Waals surface area contributed by atoms with Crippen molar-refractivity contribution in [2.45, 2.75) is 11.4 Å². The third-order valence-corrected chi connectivity index (χ3v) is 6.66. The fourth-order valence-corrected chi connectivity index (χ4v) is 4.55. The van der Waals surface area contributed by atoms with Gasteiger partial charge in [-0.25, -0.2) is 23.1 Å². The maximum atomic E-state index is 12.7. The number of sulfonamides is 1. The molecular weight excluding hydrogens is 532 g/mol. The first kappa shape index (κ1) is 28.0. The summed E-state index contributed by atoms with van der Waals surface area (Å²) < 4.78 is 34.4. The van der Waals surface area contributed by atoms with Gasteiger partial charge in [0.25, 0.3) is 0 Å². The molecule has 0 aliphatic rings. The third kappa shape index (κ3) is 7.31. The van der Waals surface area contributed by atoms with Gasteiger partial charge in [-0.05, 0) is 47.5 Å². The van der Waals surface area contributed by atoms with E-state index in [2.05, 4.69) is 5.32 Å². The second kappa shape index (κ2) is 12.2. The maximum Gasteiger partial charge on any atom is 0.418 e. The first-order valence-electron chi connectivity index (χ1n) is 12.0. The average Bonchev–Trinajstić information content (AvgIpc) is 2.93. The van der Waals surface area contributed by atoms with Crippen LogP contribution in [-0.4, -0.2) is 38.4 Å². The molecule has 11 heteroatoms. The fourth-order valence-electron chi connectivity index (χ4n) is 3.79. The lowest BCUT2D eigenvalue weighted by Gasteiger charge is -2.18. The molecule has 0 aliphatic heterocycles. The van der Waals surface area contributed by atoms with Crippen LogP contribution in [0.4, 0.5) is 9.59 Å². The van der Waals surface area contributed by atoms with Crippen molar-refractivity contribution in [1.82, 2.24) is 10.2 Å². The number of nitrogens with two attached hydrogens (primary N) is 1. The predicted octanol–water partition coefficient (Wildman–Crippen LogP) is 4.75. The molecule has 0 fully saturated rings. The SMILES string of the molecule is CN(Cc1cccc(C(=N)NC(=O)Oc2ccccc2)c1)C(=O)Oc1ccc(-c2ccccc2S(N)(=O)=O)cc1. The highest BCUT2D eigenvalue weighted by Crippen LogP contribution is 2.28. The monoisotopic (exact) mass is 558 g/mol. The number of hydrogen-bond donors (Lipinski definition) is 3. The van der Waals surface area contributed by atoms with E-state index >= 15 is 0 Å². The molecule has 40 heavy (non-hydrogen) atoms. The van der Waals surface area contributed by atoms with E-state index in [9.17, 15) is 18.0 Å². The number of nitrogens with zero attached hydrogens (tertiary/aromatic N) is 1. The van der Waals surface area contributed by atoms with E-state index in [4.69, 9.17) is 20.0 Å². The van der Waals surface area contributed by atoms with Crippen molar-refractivity contribution < 1.29 is 27.5 Å². The minimum Gasteiger partial charge on any atom is -0.410 e. The summed E-state index contributed by atoms with van der Waals surface area (Å²) >= 11 is 0. The molecule has 10 nitrogen and oxygen atoms in total. The highest BCUT2D eigenvalue weighted by Gasteiger charge is 2.16. The lowest BCUT2D eigenvalue weighted by Crippen LogP contribution is -2.33. The molecular formula is C29H26N4O6S. The molecule has 0 spiro atoms. The summed E-state index contributed by atoms with van der Waals surface area (Å²) in [6.07, 6.45) is -1.41. The van der Waals surface area contributed by atoms with Gasteiger partial charge in [-0.3, -0.25) is 10.7 Å². The highest BCUT2D eigenvalue weighted by atomic mass is 32.2. The molecule has 0 radical (unpaired) electrons. The number of amidine groups is 1. The zero-order valence-corrected chi connectivity index (χ0v) is 22.2. The smallest absolute Gasteiger partial charge is 0.410 e. The third-order valence-electron chi connectivity index (χ3n) is 5.69. The zero-order chi connectivity index (χ0) is 28.7. The van der Waals surface area contributed by atoms with Crippen molar-refractivity contribution >= 4 is 28.0 Å². The summed E-state index contributed by atoms with van der Waals surface area (Å²) in [6.45, 7) is 0.175. The Hall–Kier alpha value is -5.00. The summed E-state index contributed by atoms with van der Waals surface area (Å²) in [5.41, 5.74) is 2.17. The van der Waals surface area contributed by atoms with E-state index in [1.54, 1.807) is 104 Å². The van der Waals surface area contributed by atoms with E-state index in [1.165, 1.54) is 11.0 Å². The Bertz CT molecular complexity index is 1640. The number of primary sulfonamides is 1. The largest absolute Gasteiger partial charge is 0.418 e. The first-order chi connectivity index (χ1) is 19.1. The van der Waals surface area contributed by atoms with Gasteiger partial charge in [0.05, 0.1) is 4.90 Å². The van der Waals surface area contributed by atoms with Crippen molar-refractivity contribution in [3.8, 4) is 22.6 Å². The zero-order valence-electron chi connectivity index (χ0n) is 21.4. The van der Waals surface area contributed by atoms with Gasteiger partial charge < -0.3 is 14.4 Å². The number of carbonyl (C=O) groups excluding carboxylic acids is 2. The molecule has 0 aliphatic carbocycles. The Balaban J connectivity index is 1.36. The molecule has 0 atom stereocenters. The van der Waals surface area contributed by atoms with Gasteiger partial charge in [-0.2, -0.15) is 0 Å². The van der Waals surface area contributed by atoms with E-state index in [0.717, 1.165) is 0 Å². The van der Waals surface area contributed by atoms with E-state index in [1.807, 2.05) is 0 Å². The quantitative estimate of drug-likeness (QED) is 0.220. The predicted molar refractivity (Wildman–Crippen MR) is 150 cm³/mol. The molecule has 0 unspecified atom stereocenters. The molecule has 0 saturated carbocycles. The summed E-state index contributed by atoms with van der Waals surface area (Å²) in [6, 6.07) is 28.1. The number of hydrogen-bond acceptors (Lipinski definition) is 7. The highest BCUT2D eigenvalue weighted by molar-refractivity contribution is 7.89. The Morgan fingerprint density at radius 3 is 2.20 bits per heavy atom. The van der Waals surface area contributed by atoms with E-state index in [0.29, 0.717) is 28.0 Å². The van der Waals surface area contributed by atoms with Crippen LogP contribution in [0.15, 0.2) is 108 Å². The van der Waals surface area contributed by atoms with Gasteiger partial charge in [-0.15, -0.1) is 0 Å².